The van der Waals surface area contributed by atoms with Crippen molar-refractivity contribution in [2.45, 2.75) is 6.04 Å². The Bertz CT molecular complexity index is 42.2. The summed E-state index contributed by atoms with van der Waals surface area (Å²) in [6.07, 6.45) is 0. The molecule has 0 aliphatic carbocycles. The van der Waals surface area contributed by atoms with Gasteiger partial charge in [0.25, 0.3) is 0 Å². The van der Waals surface area contributed by atoms with Gasteiger partial charge >= 0.3 is 0 Å². The van der Waals surface area contributed by atoms with E-state index in [0.29, 0.717) is 6.04 Å². The van der Waals surface area contributed by atoms with Crippen molar-refractivity contribution in [2.24, 2.45) is 0 Å². The van der Waals surface area contributed by atoms with E-state index in [1.54, 1.807) is 0 Å². The summed E-state index contributed by atoms with van der Waals surface area (Å²) in [6.45, 7) is 2.19. The summed E-state index contributed by atoms with van der Waals surface area (Å²) >= 11 is 0. The van der Waals surface area contributed by atoms with Crippen molar-refractivity contribution >= 4 is 0 Å². The first-order chi connectivity index (χ1) is 2.93. The van der Waals surface area contributed by atoms with Gasteiger partial charge in [0.2, 0.25) is 0 Å². The molecule has 1 aliphatic rings. The fourth-order valence-corrected chi connectivity index (χ4v) is 0.456. The smallest absolute Gasteiger partial charge is 0 e. The van der Waals surface area contributed by atoms with Crippen LogP contribution in [-0.2, 0) is 18.6 Å². The summed E-state index contributed by atoms with van der Waals surface area (Å²) in [4.78, 5) is 0. The molecule has 1 radical (unpaired) electrons. The normalized spacial score (nSPS) is 20.1. The van der Waals surface area contributed by atoms with E-state index < -0.39 is 0 Å². The summed E-state index contributed by atoms with van der Waals surface area (Å²) in [7, 11) is 1.87. The molecule has 2 nitrogen and oxygen atoms in total. The quantitative estimate of drug-likeness (QED) is 0.537. The zero-order valence-electron chi connectivity index (χ0n) is 4.39. The zero-order chi connectivity index (χ0) is 4.41. The molecule has 0 unspecified atom stereocenters. The summed E-state index contributed by atoms with van der Waals surface area (Å²) in [5.41, 5.74) is 0. The zero-order valence-corrected chi connectivity index (χ0v) is 5.78. The third-order valence-electron chi connectivity index (χ3n) is 1.13. The molecule has 0 saturated carbocycles. The average Bonchev–Trinajstić information content (AvgIpc) is 1.31. The molecule has 0 spiro atoms. The second-order valence-corrected chi connectivity index (χ2v) is 1.57. The van der Waals surface area contributed by atoms with Crippen molar-refractivity contribution in [3.63, 3.8) is 0 Å². The topological polar surface area (TPSA) is 26.1 Å². The number of nitrogens with zero attached hydrogens (tertiary/aromatic N) is 1. The van der Waals surface area contributed by atoms with Crippen LogP contribution in [0.5, 0.6) is 0 Å². The van der Waals surface area contributed by atoms with E-state index in [-0.39, 0.29) is 18.6 Å². The first-order valence-electron chi connectivity index (χ1n) is 2.23. The van der Waals surface area contributed by atoms with Crippen molar-refractivity contribution in [3.05, 3.63) is 5.32 Å². The van der Waals surface area contributed by atoms with Gasteiger partial charge in [0, 0.05) is 18.6 Å². The molecule has 1 saturated heterocycles. The van der Waals surface area contributed by atoms with Crippen LogP contribution in [0.1, 0.15) is 0 Å². The van der Waals surface area contributed by atoms with Gasteiger partial charge in [-0.1, -0.05) is 0 Å². The predicted octanol–water partition coefficient (Wildman–Crippen LogP) is -0.0408. The number of hydrogen-bond acceptors (Lipinski definition) is 1. The second-order valence-electron chi connectivity index (χ2n) is 1.57. The molecule has 0 amide bonds. The van der Waals surface area contributed by atoms with E-state index in [1.807, 2.05) is 7.05 Å². The Morgan fingerprint density at radius 3 is 2.14 bits per heavy atom. The third kappa shape index (κ3) is 1.82. The van der Waals surface area contributed by atoms with Gasteiger partial charge in [-0.15, -0.1) is 6.04 Å². The van der Waals surface area contributed by atoms with E-state index in [4.69, 9.17) is 0 Å². The SMILES string of the molecule is C[N-]C1CNC1.[V]. The second kappa shape index (κ2) is 3.50. The molecule has 0 aromatic heterocycles. The molecule has 0 aromatic rings. The molecule has 0 bridgehead atoms. The van der Waals surface area contributed by atoms with E-state index in [0.717, 1.165) is 13.1 Å². The van der Waals surface area contributed by atoms with Crippen LogP contribution >= 0.6 is 0 Å². The van der Waals surface area contributed by atoms with Gasteiger partial charge in [0.1, 0.15) is 0 Å². The van der Waals surface area contributed by atoms with Gasteiger partial charge in [-0.3, -0.25) is 0 Å². The maximum atomic E-state index is 4.03. The summed E-state index contributed by atoms with van der Waals surface area (Å²) in [5, 5.41) is 7.15. The molecular weight excluding hydrogens is 127 g/mol. The Morgan fingerprint density at radius 2 is 2.14 bits per heavy atom. The van der Waals surface area contributed by atoms with Crippen LogP contribution in [0.3, 0.4) is 0 Å². The molecule has 41 valence electrons. The van der Waals surface area contributed by atoms with Crippen LogP contribution in [-0.4, -0.2) is 26.2 Å². The number of rotatable bonds is 1. The standard InChI is InChI=1S/C4H9N2.V/c1-5-4-2-6-3-4;/h4,6H,2-3H2,1H3;/q-1;. The van der Waals surface area contributed by atoms with Gasteiger partial charge in [0.05, 0.1) is 0 Å². The minimum atomic E-state index is 0. The van der Waals surface area contributed by atoms with Crippen LogP contribution in [0.4, 0.5) is 0 Å². The molecule has 0 atom stereocenters. The van der Waals surface area contributed by atoms with Crippen LogP contribution in [0.25, 0.3) is 5.32 Å². The van der Waals surface area contributed by atoms with Crippen molar-refractivity contribution in [2.75, 3.05) is 20.1 Å². The van der Waals surface area contributed by atoms with Crippen molar-refractivity contribution < 1.29 is 18.6 Å². The fraction of sp³-hybridized carbons (Fsp3) is 1.00. The first kappa shape index (κ1) is 7.50. The van der Waals surface area contributed by atoms with Gasteiger partial charge in [-0.25, -0.2) is 0 Å². The number of hydrogen-bond donors (Lipinski definition) is 1. The largest absolute Gasteiger partial charge is 0.660 e. The van der Waals surface area contributed by atoms with E-state index in [9.17, 15) is 0 Å². The number of nitrogens with one attached hydrogen (secondary N) is 1. The van der Waals surface area contributed by atoms with Crippen molar-refractivity contribution in [1.29, 1.82) is 0 Å². The molecule has 1 fully saturated rings. The molecule has 1 N–H and O–H groups in total. The van der Waals surface area contributed by atoms with Crippen molar-refractivity contribution in [1.82, 2.24) is 5.32 Å². The fourth-order valence-electron chi connectivity index (χ4n) is 0.456. The van der Waals surface area contributed by atoms with Crippen LogP contribution in [0, 0.1) is 0 Å². The summed E-state index contributed by atoms with van der Waals surface area (Å²) in [5.74, 6) is 0. The summed E-state index contributed by atoms with van der Waals surface area (Å²) < 4.78 is 0. The molecule has 3 heteroatoms. The van der Waals surface area contributed by atoms with E-state index in [1.165, 1.54) is 0 Å². The van der Waals surface area contributed by atoms with Gasteiger partial charge in [-0.05, 0) is 13.1 Å². The number of likely N-dealkylation sites (N-methyl/N-ethyl adjacent to an activating group) is 1. The van der Waals surface area contributed by atoms with Gasteiger partial charge < -0.3 is 10.6 Å². The minimum Gasteiger partial charge on any atom is -0.660 e. The molecule has 1 rings (SSSR count). The minimum absolute atomic E-state index is 0. The Morgan fingerprint density at radius 1 is 1.57 bits per heavy atom. The first-order valence-corrected chi connectivity index (χ1v) is 2.23. The Labute approximate surface area is 55.9 Å². The molecule has 0 aromatic carbocycles. The van der Waals surface area contributed by atoms with Crippen molar-refractivity contribution in [3.8, 4) is 0 Å². The third-order valence-corrected chi connectivity index (χ3v) is 1.13. The van der Waals surface area contributed by atoms with Gasteiger partial charge in [0.15, 0.2) is 0 Å². The Hall–Kier alpha value is 0.504. The molecule has 1 aliphatic heterocycles. The van der Waals surface area contributed by atoms with Crippen LogP contribution in [0.2, 0.25) is 0 Å². The van der Waals surface area contributed by atoms with Crippen LogP contribution in [0.15, 0.2) is 0 Å². The average molecular weight is 136 g/mol. The Balaban J connectivity index is 0.000000360. The van der Waals surface area contributed by atoms with Gasteiger partial charge in [-0.2, -0.15) is 7.05 Å². The summed E-state index contributed by atoms with van der Waals surface area (Å²) in [6, 6.07) is 0.630. The van der Waals surface area contributed by atoms with E-state index in [2.05, 4.69) is 10.6 Å². The maximum absolute atomic E-state index is 4.03. The molecule has 1 heterocycles. The van der Waals surface area contributed by atoms with E-state index >= 15 is 0 Å². The molecule has 7 heavy (non-hydrogen) atoms. The van der Waals surface area contributed by atoms with Crippen LogP contribution < -0.4 is 5.32 Å². The monoisotopic (exact) mass is 136 g/mol. The predicted molar refractivity (Wildman–Crippen MR) is 25.9 cm³/mol. The Kier molecular flexibility index (Phi) is 3.75. The molecular formula is C4H9N2V-. The maximum Gasteiger partial charge on any atom is 0 e.